The van der Waals surface area contributed by atoms with E-state index in [-0.39, 0.29) is 0 Å². The molecule has 0 atom stereocenters. The lowest BCUT2D eigenvalue weighted by Crippen LogP contribution is -2.74. The Bertz CT molecular complexity index is 3060. The van der Waals surface area contributed by atoms with Crippen LogP contribution in [0.2, 0.25) is 0 Å². The molecule has 0 unspecified atom stereocenters. The molecule has 0 saturated heterocycles. The zero-order valence-corrected chi connectivity index (χ0v) is 32.0. The predicted octanol–water partition coefficient (Wildman–Crippen LogP) is 10.2. The van der Waals surface area contributed by atoms with Crippen molar-refractivity contribution in [2.75, 3.05) is 0 Å². The molecule has 0 aliphatic carbocycles. The lowest BCUT2D eigenvalue weighted by molar-refractivity contribution is 0.669. The van der Waals surface area contributed by atoms with Crippen molar-refractivity contribution in [1.29, 1.82) is 0 Å². The number of hydrogen-bond acceptors (Lipinski definition) is 3. The summed E-state index contributed by atoms with van der Waals surface area (Å²) < 4.78 is 8.81. The number of furan rings is 1. The van der Waals surface area contributed by atoms with Crippen LogP contribution in [0.5, 0.6) is 0 Å². The van der Waals surface area contributed by atoms with E-state index in [2.05, 4.69) is 193 Å². The molecule has 57 heavy (non-hydrogen) atoms. The predicted molar refractivity (Wildman–Crippen MR) is 238 cm³/mol. The Balaban J connectivity index is 1.27. The minimum absolute atomic E-state index is 0.618. The Morgan fingerprint density at radius 2 is 0.842 bits per heavy atom. The first-order valence-corrected chi connectivity index (χ1v) is 21.3. The second-order valence-corrected chi connectivity index (χ2v) is 18.4. The number of fused-ring (bicyclic) bond motifs is 6. The van der Waals surface area contributed by atoms with Gasteiger partial charge in [0, 0.05) is 32.7 Å². The summed E-state index contributed by atoms with van der Waals surface area (Å²) in [7, 11) is -2.82. The molecule has 0 fully saturated rings. The van der Waals surface area contributed by atoms with Gasteiger partial charge in [0.15, 0.2) is 8.07 Å². The summed E-state index contributed by atoms with van der Waals surface area (Å²) in [4.78, 5) is 10.7. The van der Waals surface area contributed by atoms with E-state index in [1.807, 2.05) is 24.3 Å². The molecule has 4 nitrogen and oxygen atoms in total. The topological polar surface area (TPSA) is 43.9 Å². The Hall–Kier alpha value is -7.34. The average molecular weight is 746 g/mol. The molecule has 3 aromatic heterocycles. The highest BCUT2D eigenvalue weighted by Crippen LogP contribution is 2.38. The fourth-order valence-corrected chi connectivity index (χ4v) is 13.6. The first-order valence-electron chi connectivity index (χ1n) is 19.3. The highest BCUT2D eigenvalue weighted by Gasteiger charge is 2.41. The van der Waals surface area contributed by atoms with Crippen LogP contribution in [0.25, 0.3) is 72.2 Å². The Labute approximate surface area is 331 Å². The minimum Gasteiger partial charge on any atom is -0.456 e. The molecule has 11 rings (SSSR count). The quantitative estimate of drug-likeness (QED) is 0.121. The molecule has 268 valence electrons. The van der Waals surface area contributed by atoms with Crippen molar-refractivity contribution < 1.29 is 4.42 Å². The summed E-state index contributed by atoms with van der Waals surface area (Å²) in [6, 6.07) is 76.0. The zero-order valence-electron chi connectivity index (χ0n) is 31.0. The van der Waals surface area contributed by atoms with Crippen molar-refractivity contribution in [3.63, 3.8) is 0 Å². The highest BCUT2D eigenvalue weighted by atomic mass is 28.3. The number of nitrogens with zero attached hydrogens (tertiary/aromatic N) is 3. The van der Waals surface area contributed by atoms with Gasteiger partial charge in [0.2, 0.25) is 5.95 Å². The number of benzene rings is 8. The van der Waals surface area contributed by atoms with E-state index in [0.717, 1.165) is 66.3 Å². The molecule has 0 aliphatic heterocycles. The summed E-state index contributed by atoms with van der Waals surface area (Å²) in [5.74, 6) is 0.618. The minimum atomic E-state index is -2.82. The molecule has 0 radical (unpaired) electrons. The van der Waals surface area contributed by atoms with E-state index in [0.29, 0.717) is 5.95 Å². The fraction of sp³-hybridized carbons (Fsp3) is 0. The van der Waals surface area contributed by atoms with Crippen LogP contribution < -0.4 is 20.7 Å². The molecule has 11 aromatic rings. The maximum Gasteiger partial charge on any atom is 0.235 e. The number of hydrogen-bond donors (Lipinski definition) is 0. The van der Waals surface area contributed by atoms with E-state index in [9.17, 15) is 0 Å². The average Bonchev–Trinajstić information content (AvgIpc) is 3.82. The van der Waals surface area contributed by atoms with Gasteiger partial charge in [-0.25, -0.2) is 9.97 Å². The summed E-state index contributed by atoms with van der Waals surface area (Å²) in [5, 5.41) is 9.65. The number of rotatable bonds is 7. The summed E-state index contributed by atoms with van der Waals surface area (Å²) in [6.45, 7) is 0. The lowest BCUT2D eigenvalue weighted by atomic mass is 10.1. The van der Waals surface area contributed by atoms with Gasteiger partial charge in [-0.3, -0.25) is 4.57 Å². The molecular formula is C52H35N3OSi. The third-order valence-electron chi connectivity index (χ3n) is 11.4. The molecule has 0 amide bonds. The van der Waals surface area contributed by atoms with Crippen LogP contribution >= 0.6 is 0 Å². The van der Waals surface area contributed by atoms with Crippen molar-refractivity contribution in [2.24, 2.45) is 0 Å². The van der Waals surface area contributed by atoms with E-state index in [4.69, 9.17) is 14.4 Å². The Kier molecular flexibility index (Phi) is 7.79. The van der Waals surface area contributed by atoms with Gasteiger partial charge in [-0.2, -0.15) is 0 Å². The summed E-state index contributed by atoms with van der Waals surface area (Å²) >= 11 is 0. The van der Waals surface area contributed by atoms with Gasteiger partial charge >= 0.3 is 0 Å². The largest absolute Gasteiger partial charge is 0.456 e. The van der Waals surface area contributed by atoms with Crippen LogP contribution in [0.15, 0.2) is 217 Å². The maximum atomic E-state index is 6.55. The second-order valence-electron chi connectivity index (χ2n) is 14.5. The lowest BCUT2D eigenvalue weighted by Gasteiger charge is -2.34. The monoisotopic (exact) mass is 745 g/mol. The Morgan fingerprint density at radius 3 is 1.40 bits per heavy atom. The van der Waals surface area contributed by atoms with Gasteiger partial charge < -0.3 is 4.42 Å². The van der Waals surface area contributed by atoms with Crippen LogP contribution in [0.4, 0.5) is 0 Å². The van der Waals surface area contributed by atoms with E-state index < -0.39 is 8.07 Å². The fourth-order valence-electron chi connectivity index (χ4n) is 8.80. The molecular weight excluding hydrogens is 711 g/mol. The van der Waals surface area contributed by atoms with Crippen LogP contribution in [-0.4, -0.2) is 22.6 Å². The normalized spacial score (nSPS) is 11.9. The van der Waals surface area contributed by atoms with Gasteiger partial charge in [-0.05, 0) is 51.1 Å². The SMILES string of the molecule is c1ccc(-c2cc(-c3ccccc3)nc(-n3c4ccc([Si](c5ccccc5)(c5ccccc5)c5ccccc5)cc4c4cc5oc6ccccc6c5cc43)n2)cc1. The van der Waals surface area contributed by atoms with Gasteiger partial charge in [0.25, 0.3) is 0 Å². The van der Waals surface area contributed by atoms with E-state index in [1.165, 1.54) is 20.7 Å². The van der Waals surface area contributed by atoms with Crippen LogP contribution in [0, 0.1) is 0 Å². The number of aromatic nitrogens is 3. The van der Waals surface area contributed by atoms with Gasteiger partial charge in [0.1, 0.15) is 11.2 Å². The molecule has 5 heteroatoms. The van der Waals surface area contributed by atoms with Gasteiger partial charge in [-0.1, -0.05) is 182 Å². The molecule has 8 aromatic carbocycles. The molecule has 0 spiro atoms. The standard InChI is InChI=1S/C52H35N3OSi/c1-6-18-36(19-7-1)46-35-47(37-20-8-2-9-21-37)54-52(53-46)55-48-31-30-41(32-43(48)44-34-51-45(33-49(44)55)42-28-16-17-29-50(42)56-51)57(38-22-10-3-11-23-38,39-24-12-4-13-25-39)40-26-14-5-15-27-40/h1-35H. The molecule has 3 heterocycles. The van der Waals surface area contributed by atoms with Crippen molar-refractivity contribution >= 4 is 72.6 Å². The first kappa shape index (κ1) is 33.0. The van der Waals surface area contributed by atoms with E-state index >= 15 is 0 Å². The molecule has 0 saturated carbocycles. The number of para-hydroxylation sites is 1. The third-order valence-corrected chi connectivity index (χ3v) is 16.1. The first-order chi connectivity index (χ1) is 28.3. The smallest absolute Gasteiger partial charge is 0.235 e. The van der Waals surface area contributed by atoms with Gasteiger partial charge in [0.05, 0.1) is 22.4 Å². The second kappa shape index (κ2) is 13.4. The highest BCUT2D eigenvalue weighted by molar-refractivity contribution is 7.20. The summed E-state index contributed by atoms with van der Waals surface area (Å²) in [6.07, 6.45) is 0. The van der Waals surface area contributed by atoms with Crippen LogP contribution in [-0.2, 0) is 0 Å². The van der Waals surface area contributed by atoms with Crippen molar-refractivity contribution in [2.45, 2.75) is 0 Å². The molecule has 0 N–H and O–H groups in total. The van der Waals surface area contributed by atoms with Gasteiger partial charge in [-0.15, -0.1) is 0 Å². The zero-order chi connectivity index (χ0) is 37.8. The van der Waals surface area contributed by atoms with Crippen molar-refractivity contribution in [3.8, 4) is 28.5 Å². The Morgan fingerprint density at radius 1 is 0.351 bits per heavy atom. The maximum absolute atomic E-state index is 6.55. The van der Waals surface area contributed by atoms with Crippen LogP contribution in [0.3, 0.4) is 0 Å². The van der Waals surface area contributed by atoms with E-state index in [1.54, 1.807) is 0 Å². The van der Waals surface area contributed by atoms with Crippen LogP contribution in [0.1, 0.15) is 0 Å². The van der Waals surface area contributed by atoms with Crippen molar-refractivity contribution in [1.82, 2.24) is 14.5 Å². The summed E-state index contributed by atoms with van der Waals surface area (Å²) in [5.41, 5.74) is 7.59. The molecule has 0 aliphatic rings. The van der Waals surface area contributed by atoms with Crippen molar-refractivity contribution in [3.05, 3.63) is 212 Å². The third kappa shape index (κ3) is 5.35. The molecule has 0 bridgehead atoms.